The average molecular weight is 309 g/mol. The second kappa shape index (κ2) is 8.66. The lowest BCUT2D eigenvalue weighted by atomic mass is 9.91. The summed E-state index contributed by atoms with van der Waals surface area (Å²) in [7, 11) is 0. The third-order valence-electron chi connectivity index (χ3n) is 4.17. The topological polar surface area (TPSA) is 96.1 Å². The fourth-order valence-corrected chi connectivity index (χ4v) is 2.69. The molecule has 0 unspecified atom stereocenters. The van der Waals surface area contributed by atoms with Gasteiger partial charge >= 0.3 is 0 Å². The van der Waals surface area contributed by atoms with E-state index in [2.05, 4.69) is 5.32 Å². The lowest BCUT2D eigenvalue weighted by molar-refractivity contribution is -0.545. The van der Waals surface area contributed by atoms with Crippen LogP contribution in [0.4, 0.5) is 0 Å². The molecule has 1 rings (SSSR count). The maximum Gasteiger partial charge on any atom is 0.252 e. The van der Waals surface area contributed by atoms with Crippen molar-refractivity contribution < 1.29 is 9.72 Å². The molecule has 2 N–H and O–H groups in total. The van der Waals surface area contributed by atoms with Crippen LogP contribution in [0.5, 0.6) is 0 Å². The van der Waals surface area contributed by atoms with Gasteiger partial charge in [-0.3, -0.25) is 14.9 Å². The van der Waals surface area contributed by atoms with Crippen LogP contribution in [0.3, 0.4) is 0 Å². The molecule has 1 amide bonds. The molecule has 1 fully saturated rings. The lowest BCUT2D eigenvalue weighted by Crippen LogP contribution is -2.34. The van der Waals surface area contributed by atoms with Gasteiger partial charge in [0.2, 0.25) is 5.54 Å². The van der Waals surface area contributed by atoms with Crippen molar-refractivity contribution in [2.75, 3.05) is 6.54 Å². The summed E-state index contributed by atoms with van der Waals surface area (Å²) in [5.41, 5.74) is -1.31. The van der Waals surface area contributed by atoms with Crippen molar-refractivity contribution >= 4 is 12.1 Å². The number of nitrogens with zero attached hydrogens (tertiary/aromatic N) is 1. The second-order valence-corrected chi connectivity index (χ2v) is 6.58. The molecule has 0 aromatic heterocycles. The number of rotatable bonds is 6. The third kappa shape index (κ3) is 5.95. The van der Waals surface area contributed by atoms with E-state index in [0.717, 1.165) is 19.1 Å². The van der Waals surface area contributed by atoms with Crippen LogP contribution in [0, 0.1) is 21.4 Å². The first-order chi connectivity index (χ1) is 10.4. The van der Waals surface area contributed by atoms with Crippen LogP contribution in [-0.4, -0.2) is 29.1 Å². The number of carbonyl (C=O) groups excluding carboxylic acids is 1. The lowest BCUT2D eigenvalue weighted by Gasteiger charge is -2.20. The SMILES string of the molecule is CC(C)(/C=C(\C=N)C(=O)NCC1CCCCCCC1)[N+](=O)[O-]. The third-order valence-corrected chi connectivity index (χ3v) is 4.17. The normalized spacial score (nSPS) is 18.2. The molecule has 0 spiro atoms. The molecular formula is C16H27N3O3. The Morgan fingerprint density at radius 1 is 1.27 bits per heavy atom. The van der Waals surface area contributed by atoms with Crippen LogP contribution < -0.4 is 5.32 Å². The molecule has 0 bridgehead atoms. The number of nitrogens with one attached hydrogen (secondary N) is 2. The van der Waals surface area contributed by atoms with Crippen LogP contribution in [-0.2, 0) is 4.79 Å². The Balaban J connectivity index is 2.59. The van der Waals surface area contributed by atoms with Crippen molar-refractivity contribution in [3.63, 3.8) is 0 Å². The summed E-state index contributed by atoms with van der Waals surface area (Å²) in [6, 6.07) is 0. The minimum absolute atomic E-state index is 0.0487. The first-order valence-electron chi connectivity index (χ1n) is 8.03. The molecule has 0 saturated heterocycles. The van der Waals surface area contributed by atoms with Crippen LogP contribution in [0.25, 0.3) is 0 Å². The molecule has 0 aromatic carbocycles. The number of amides is 1. The molecule has 0 atom stereocenters. The summed E-state index contributed by atoms with van der Waals surface area (Å²) in [6.45, 7) is 3.42. The van der Waals surface area contributed by atoms with Gasteiger partial charge in [0, 0.05) is 37.6 Å². The number of nitro groups is 1. The van der Waals surface area contributed by atoms with Gasteiger partial charge in [0.15, 0.2) is 0 Å². The van der Waals surface area contributed by atoms with Gasteiger partial charge < -0.3 is 10.7 Å². The van der Waals surface area contributed by atoms with E-state index in [0.29, 0.717) is 12.5 Å². The minimum atomic E-state index is -1.36. The zero-order valence-electron chi connectivity index (χ0n) is 13.6. The minimum Gasteiger partial charge on any atom is -0.352 e. The fraction of sp³-hybridized carbons (Fsp3) is 0.750. The van der Waals surface area contributed by atoms with Crippen LogP contribution in [0.1, 0.15) is 58.8 Å². The highest BCUT2D eigenvalue weighted by molar-refractivity contribution is 6.11. The molecule has 22 heavy (non-hydrogen) atoms. The quantitative estimate of drug-likeness (QED) is 0.341. The second-order valence-electron chi connectivity index (χ2n) is 6.58. The highest BCUT2D eigenvalue weighted by Crippen LogP contribution is 2.21. The molecule has 124 valence electrons. The standard InChI is InChI=1S/C16H27N3O3/c1-16(2,19(21)22)10-14(11-17)15(20)18-12-13-8-6-4-3-5-7-9-13/h10-11,13,17H,3-9,12H2,1-2H3,(H,18,20)/b14-10+,17-11?. The van der Waals surface area contributed by atoms with Gasteiger partial charge in [-0.05, 0) is 18.8 Å². The largest absolute Gasteiger partial charge is 0.352 e. The van der Waals surface area contributed by atoms with E-state index in [1.807, 2.05) is 0 Å². The van der Waals surface area contributed by atoms with Crippen molar-refractivity contribution in [2.45, 2.75) is 64.3 Å². The first kappa shape index (κ1) is 18.3. The molecular weight excluding hydrogens is 282 g/mol. The van der Waals surface area contributed by atoms with Crippen molar-refractivity contribution in [3.8, 4) is 0 Å². The molecule has 0 heterocycles. The highest BCUT2D eigenvalue weighted by Gasteiger charge is 2.29. The molecule has 1 aliphatic rings. The molecule has 0 radical (unpaired) electrons. The number of hydrogen-bond donors (Lipinski definition) is 2. The van der Waals surface area contributed by atoms with E-state index in [9.17, 15) is 14.9 Å². The molecule has 0 aliphatic heterocycles. The Kier molecular flexibility index (Phi) is 7.21. The van der Waals surface area contributed by atoms with Gasteiger partial charge in [0.1, 0.15) is 0 Å². The summed E-state index contributed by atoms with van der Waals surface area (Å²) in [4.78, 5) is 22.6. The van der Waals surface area contributed by atoms with Gasteiger partial charge in [0.25, 0.3) is 5.91 Å². The van der Waals surface area contributed by atoms with Gasteiger partial charge in [-0.25, -0.2) is 0 Å². The Bertz CT molecular complexity index is 436. The monoisotopic (exact) mass is 309 g/mol. The molecule has 1 saturated carbocycles. The summed E-state index contributed by atoms with van der Waals surface area (Å²) < 4.78 is 0. The Morgan fingerprint density at radius 2 is 1.82 bits per heavy atom. The van der Waals surface area contributed by atoms with E-state index >= 15 is 0 Å². The number of hydrogen-bond acceptors (Lipinski definition) is 4. The van der Waals surface area contributed by atoms with E-state index in [1.165, 1.54) is 52.0 Å². The first-order valence-corrected chi connectivity index (χ1v) is 8.03. The zero-order chi connectivity index (χ0) is 16.6. The van der Waals surface area contributed by atoms with Crippen molar-refractivity contribution in [3.05, 3.63) is 21.8 Å². The summed E-state index contributed by atoms with van der Waals surface area (Å²) in [5, 5.41) is 21.1. The van der Waals surface area contributed by atoms with Gasteiger partial charge in [-0.1, -0.05) is 32.1 Å². The predicted molar refractivity (Wildman–Crippen MR) is 86.8 cm³/mol. The highest BCUT2D eigenvalue weighted by atomic mass is 16.6. The van der Waals surface area contributed by atoms with Crippen LogP contribution >= 0.6 is 0 Å². The Hall–Kier alpha value is -1.72. The van der Waals surface area contributed by atoms with E-state index in [4.69, 9.17) is 5.41 Å². The van der Waals surface area contributed by atoms with E-state index < -0.39 is 16.4 Å². The zero-order valence-corrected chi connectivity index (χ0v) is 13.6. The molecule has 0 aromatic rings. The molecule has 6 heteroatoms. The van der Waals surface area contributed by atoms with Gasteiger partial charge in [-0.15, -0.1) is 0 Å². The summed E-state index contributed by atoms with van der Waals surface area (Å²) in [5.74, 6) is 0.0757. The fourth-order valence-electron chi connectivity index (χ4n) is 2.69. The van der Waals surface area contributed by atoms with Crippen molar-refractivity contribution in [2.24, 2.45) is 5.92 Å². The average Bonchev–Trinajstić information content (AvgIpc) is 2.43. The summed E-state index contributed by atoms with van der Waals surface area (Å²) in [6.07, 6.45) is 10.6. The maximum absolute atomic E-state index is 12.1. The molecule has 1 aliphatic carbocycles. The Labute approximate surface area is 132 Å². The smallest absolute Gasteiger partial charge is 0.252 e. The van der Waals surface area contributed by atoms with E-state index in [1.54, 1.807) is 0 Å². The van der Waals surface area contributed by atoms with Crippen molar-refractivity contribution in [1.29, 1.82) is 5.41 Å². The summed E-state index contributed by atoms with van der Waals surface area (Å²) >= 11 is 0. The number of carbonyl (C=O) groups is 1. The molecule has 6 nitrogen and oxygen atoms in total. The van der Waals surface area contributed by atoms with Crippen LogP contribution in [0.2, 0.25) is 0 Å². The Morgan fingerprint density at radius 3 is 2.32 bits per heavy atom. The van der Waals surface area contributed by atoms with Crippen molar-refractivity contribution in [1.82, 2.24) is 5.32 Å². The van der Waals surface area contributed by atoms with E-state index in [-0.39, 0.29) is 5.57 Å². The maximum atomic E-state index is 12.1. The van der Waals surface area contributed by atoms with Crippen LogP contribution in [0.15, 0.2) is 11.6 Å². The van der Waals surface area contributed by atoms with Gasteiger partial charge in [-0.2, -0.15) is 0 Å². The van der Waals surface area contributed by atoms with Gasteiger partial charge in [0.05, 0.1) is 5.57 Å². The predicted octanol–water partition coefficient (Wildman–Crippen LogP) is 3.09.